The summed E-state index contributed by atoms with van der Waals surface area (Å²) in [5.74, 6) is -0.303. The highest BCUT2D eigenvalue weighted by molar-refractivity contribution is 5.96. The summed E-state index contributed by atoms with van der Waals surface area (Å²) in [6, 6.07) is 7.05. The van der Waals surface area contributed by atoms with Crippen molar-refractivity contribution >= 4 is 11.8 Å². The first kappa shape index (κ1) is 14.5. The first-order valence-corrected chi connectivity index (χ1v) is 6.76. The number of benzene rings is 1. The van der Waals surface area contributed by atoms with Crippen LogP contribution in [-0.4, -0.2) is 35.5 Å². The Balaban J connectivity index is 1.85. The summed E-state index contributed by atoms with van der Waals surface area (Å²) >= 11 is 0. The maximum atomic E-state index is 11.4. The predicted molar refractivity (Wildman–Crippen MR) is 74.2 cm³/mol. The Morgan fingerprint density at radius 1 is 1.35 bits per heavy atom. The Hall–Kier alpha value is -1.88. The number of hydrogen-bond acceptors (Lipinski definition) is 4. The van der Waals surface area contributed by atoms with Crippen molar-refractivity contribution < 1.29 is 19.4 Å². The second kappa shape index (κ2) is 6.05. The molecule has 1 aliphatic carbocycles. The number of carboxylic acid groups (broad SMARTS) is 1. The number of carboxylic acids is 1. The van der Waals surface area contributed by atoms with Crippen molar-refractivity contribution in [3.63, 3.8) is 0 Å². The Labute approximate surface area is 117 Å². The van der Waals surface area contributed by atoms with E-state index in [0.29, 0.717) is 37.3 Å². The minimum absolute atomic E-state index is 0.0467. The molecule has 1 fully saturated rings. The van der Waals surface area contributed by atoms with E-state index in [0.717, 1.165) is 6.42 Å². The van der Waals surface area contributed by atoms with Gasteiger partial charge in [-0.2, -0.15) is 0 Å². The van der Waals surface area contributed by atoms with Crippen molar-refractivity contribution in [2.24, 2.45) is 0 Å². The van der Waals surface area contributed by atoms with Crippen molar-refractivity contribution in [2.45, 2.75) is 31.7 Å². The van der Waals surface area contributed by atoms with Gasteiger partial charge in [0.15, 0.2) is 5.78 Å². The lowest BCUT2D eigenvalue weighted by molar-refractivity contribution is -0.148. The number of carbonyl (C=O) groups is 2. The van der Waals surface area contributed by atoms with Gasteiger partial charge < -0.3 is 9.84 Å². The monoisotopic (exact) mass is 277 g/mol. The van der Waals surface area contributed by atoms with E-state index in [2.05, 4.69) is 5.32 Å². The maximum absolute atomic E-state index is 11.4. The quantitative estimate of drug-likeness (QED) is 0.588. The lowest BCUT2D eigenvalue weighted by atomic mass is 9.77. The number of rotatable bonds is 7. The second-order valence-corrected chi connectivity index (χ2v) is 5.07. The van der Waals surface area contributed by atoms with Crippen LogP contribution >= 0.6 is 0 Å². The summed E-state index contributed by atoms with van der Waals surface area (Å²) in [6.07, 6.45) is 2.26. The van der Waals surface area contributed by atoms with Gasteiger partial charge in [-0.3, -0.25) is 14.9 Å². The van der Waals surface area contributed by atoms with Gasteiger partial charge in [-0.1, -0.05) is 12.1 Å². The summed E-state index contributed by atoms with van der Waals surface area (Å²) in [7, 11) is 0. The number of ether oxygens (including phenoxy) is 1. The third-order valence-electron chi connectivity index (χ3n) is 3.71. The van der Waals surface area contributed by atoms with Crippen LogP contribution in [-0.2, 0) is 4.79 Å². The average molecular weight is 277 g/mol. The van der Waals surface area contributed by atoms with Gasteiger partial charge in [0.25, 0.3) is 0 Å². The summed E-state index contributed by atoms with van der Waals surface area (Å²) in [5, 5.41) is 12.2. The molecule has 2 N–H and O–H groups in total. The van der Waals surface area contributed by atoms with Crippen LogP contribution in [0.1, 0.15) is 36.5 Å². The van der Waals surface area contributed by atoms with Gasteiger partial charge in [-0.05, 0) is 38.3 Å². The Morgan fingerprint density at radius 3 is 2.60 bits per heavy atom. The molecule has 5 heteroatoms. The van der Waals surface area contributed by atoms with E-state index >= 15 is 0 Å². The first-order chi connectivity index (χ1) is 9.55. The van der Waals surface area contributed by atoms with Gasteiger partial charge in [-0.25, -0.2) is 0 Å². The summed E-state index contributed by atoms with van der Waals surface area (Å²) in [4.78, 5) is 22.6. The average Bonchev–Trinajstić information content (AvgIpc) is 2.36. The van der Waals surface area contributed by atoms with Crippen LogP contribution in [0.3, 0.4) is 0 Å². The molecule has 0 saturated heterocycles. The zero-order valence-electron chi connectivity index (χ0n) is 11.5. The molecule has 1 aliphatic rings. The minimum atomic E-state index is -0.798. The molecule has 0 aliphatic heterocycles. The van der Waals surface area contributed by atoms with Crippen LogP contribution in [0.25, 0.3) is 0 Å². The molecule has 0 unspecified atom stereocenters. The molecule has 108 valence electrons. The normalized spacial score (nSPS) is 16.2. The van der Waals surface area contributed by atoms with Crippen molar-refractivity contribution in [1.82, 2.24) is 5.32 Å². The van der Waals surface area contributed by atoms with Crippen LogP contribution in [0.5, 0.6) is 5.75 Å². The molecule has 0 aromatic heterocycles. The molecular weight excluding hydrogens is 258 g/mol. The summed E-state index contributed by atoms with van der Waals surface area (Å²) in [5.41, 5.74) is -0.229. The number of nitrogens with one attached hydrogen (secondary N) is 1. The zero-order valence-corrected chi connectivity index (χ0v) is 11.5. The SMILES string of the molecule is CC(=O)c1ccccc1OCCNC1(C(=O)O)CCC1. The molecule has 1 aromatic rings. The highest BCUT2D eigenvalue weighted by atomic mass is 16.5. The van der Waals surface area contributed by atoms with Crippen molar-refractivity contribution in [1.29, 1.82) is 0 Å². The smallest absolute Gasteiger partial charge is 0.323 e. The fourth-order valence-corrected chi connectivity index (χ4v) is 2.33. The third kappa shape index (κ3) is 2.99. The maximum Gasteiger partial charge on any atom is 0.323 e. The summed E-state index contributed by atoms with van der Waals surface area (Å²) in [6.45, 7) is 2.27. The number of carbonyl (C=O) groups excluding carboxylic acids is 1. The highest BCUT2D eigenvalue weighted by Gasteiger charge is 2.43. The standard InChI is InChI=1S/C15H19NO4/c1-11(17)12-5-2-3-6-13(12)20-10-9-16-15(14(18)19)7-4-8-15/h2-3,5-6,16H,4,7-10H2,1H3,(H,18,19). The van der Waals surface area contributed by atoms with Gasteiger partial charge in [0.2, 0.25) is 0 Å². The van der Waals surface area contributed by atoms with Crippen molar-refractivity contribution in [2.75, 3.05) is 13.2 Å². The second-order valence-electron chi connectivity index (χ2n) is 5.07. The van der Waals surface area contributed by atoms with Crippen LogP contribution in [0, 0.1) is 0 Å². The van der Waals surface area contributed by atoms with Gasteiger partial charge in [0, 0.05) is 6.54 Å². The fourth-order valence-electron chi connectivity index (χ4n) is 2.33. The van der Waals surface area contributed by atoms with E-state index < -0.39 is 11.5 Å². The molecule has 1 aromatic carbocycles. The minimum Gasteiger partial charge on any atom is -0.492 e. The number of aliphatic carboxylic acids is 1. The molecule has 0 radical (unpaired) electrons. The number of ketones is 1. The molecule has 5 nitrogen and oxygen atoms in total. The van der Waals surface area contributed by atoms with Crippen LogP contribution in [0.4, 0.5) is 0 Å². The predicted octanol–water partition coefficient (Wildman–Crippen LogP) is 1.86. The molecule has 2 rings (SSSR count). The van der Waals surface area contributed by atoms with E-state index in [-0.39, 0.29) is 5.78 Å². The van der Waals surface area contributed by atoms with E-state index in [1.54, 1.807) is 24.3 Å². The molecule has 0 heterocycles. The molecule has 20 heavy (non-hydrogen) atoms. The van der Waals surface area contributed by atoms with Gasteiger partial charge in [0.1, 0.15) is 17.9 Å². The topological polar surface area (TPSA) is 75.6 Å². The first-order valence-electron chi connectivity index (χ1n) is 6.76. The number of Topliss-reactive ketones (excluding diaryl/α,β-unsaturated/α-hetero) is 1. The lowest BCUT2D eigenvalue weighted by Gasteiger charge is -2.38. The Morgan fingerprint density at radius 2 is 2.05 bits per heavy atom. The molecule has 0 spiro atoms. The largest absolute Gasteiger partial charge is 0.492 e. The molecule has 0 bridgehead atoms. The van der Waals surface area contributed by atoms with E-state index in [1.165, 1.54) is 6.92 Å². The molecule has 0 amide bonds. The molecule has 1 saturated carbocycles. The van der Waals surface area contributed by atoms with E-state index in [4.69, 9.17) is 9.84 Å². The van der Waals surface area contributed by atoms with Crippen molar-refractivity contribution in [3.8, 4) is 5.75 Å². The molecule has 0 atom stereocenters. The van der Waals surface area contributed by atoms with Crippen LogP contribution < -0.4 is 10.1 Å². The van der Waals surface area contributed by atoms with E-state index in [1.807, 2.05) is 0 Å². The van der Waals surface area contributed by atoms with Crippen molar-refractivity contribution in [3.05, 3.63) is 29.8 Å². The number of para-hydroxylation sites is 1. The molecular formula is C15H19NO4. The van der Waals surface area contributed by atoms with E-state index in [9.17, 15) is 9.59 Å². The van der Waals surface area contributed by atoms with Crippen LogP contribution in [0.2, 0.25) is 0 Å². The lowest BCUT2D eigenvalue weighted by Crippen LogP contribution is -2.57. The third-order valence-corrected chi connectivity index (χ3v) is 3.71. The van der Waals surface area contributed by atoms with Gasteiger partial charge >= 0.3 is 5.97 Å². The number of hydrogen-bond donors (Lipinski definition) is 2. The van der Waals surface area contributed by atoms with Gasteiger partial charge in [-0.15, -0.1) is 0 Å². The highest BCUT2D eigenvalue weighted by Crippen LogP contribution is 2.31. The Bertz CT molecular complexity index is 508. The van der Waals surface area contributed by atoms with Gasteiger partial charge in [0.05, 0.1) is 5.56 Å². The Kier molecular flexibility index (Phi) is 4.39. The zero-order chi connectivity index (χ0) is 14.6. The fraction of sp³-hybridized carbons (Fsp3) is 0.467. The summed E-state index contributed by atoms with van der Waals surface area (Å²) < 4.78 is 5.57. The van der Waals surface area contributed by atoms with Crippen LogP contribution in [0.15, 0.2) is 24.3 Å².